The highest BCUT2D eigenvalue weighted by Gasteiger charge is 2.33. The zero-order valence-electron chi connectivity index (χ0n) is 25.4. The maximum Gasteiger partial charge on any atom is 0.303 e. The van der Waals surface area contributed by atoms with Crippen LogP contribution in [0.4, 0.5) is 0 Å². The molecular weight excluding hydrogens is 548 g/mol. The first kappa shape index (κ1) is 29.2. The predicted molar refractivity (Wildman–Crippen MR) is 167 cm³/mol. The molecule has 2 aliphatic heterocycles. The molecule has 1 saturated carbocycles. The van der Waals surface area contributed by atoms with Gasteiger partial charge in [0, 0.05) is 42.2 Å². The molecule has 1 aliphatic carbocycles. The Labute approximate surface area is 250 Å². The van der Waals surface area contributed by atoms with E-state index in [0.717, 1.165) is 54.6 Å². The number of carbonyl (C=O) groups excluding carboxylic acids is 1. The molecule has 9 heteroatoms. The molecule has 2 aromatic carbocycles. The summed E-state index contributed by atoms with van der Waals surface area (Å²) >= 11 is 0. The fourth-order valence-electron chi connectivity index (χ4n) is 6.93. The van der Waals surface area contributed by atoms with Crippen LogP contribution in [0.1, 0.15) is 80.6 Å². The van der Waals surface area contributed by atoms with Crippen molar-refractivity contribution in [2.24, 2.45) is 5.41 Å². The first-order chi connectivity index (χ1) is 20.0. The lowest BCUT2D eigenvalue weighted by Gasteiger charge is -2.35. The molecule has 1 N–H and O–H groups in total. The number of hydrogen-bond donors (Lipinski definition) is 1. The van der Waals surface area contributed by atoms with Crippen LogP contribution in [-0.4, -0.2) is 67.9 Å². The van der Waals surface area contributed by atoms with Gasteiger partial charge < -0.3 is 9.30 Å². The Morgan fingerprint density at radius 2 is 1.71 bits per heavy atom. The summed E-state index contributed by atoms with van der Waals surface area (Å²) in [5.74, 6) is 0.705. The van der Waals surface area contributed by atoms with Gasteiger partial charge in [-0.3, -0.25) is 9.69 Å². The van der Waals surface area contributed by atoms with E-state index in [1.54, 1.807) is 6.07 Å². The Morgan fingerprint density at radius 1 is 0.976 bits per heavy atom. The van der Waals surface area contributed by atoms with Crippen LogP contribution >= 0.6 is 0 Å². The summed E-state index contributed by atoms with van der Waals surface area (Å²) in [6.07, 6.45) is 7.56. The minimum Gasteiger partial charge on any atom is -0.491 e. The third kappa shape index (κ3) is 5.58. The van der Waals surface area contributed by atoms with Crippen LogP contribution in [0.2, 0.25) is 0 Å². The van der Waals surface area contributed by atoms with Gasteiger partial charge in [0.05, 0.1) is 11.7 Å². The van der Waals surface area contributed by atoms with Crippen LogP contribution in [0.25, 0.3) is 22.2 Å². The van der Waals surface area contributed by atoms with Crippen molar-refractivity contribution in [1.29, 1.82) is 0 Å². The topological polar surface area (TPSA) is 83.9 Å². The number of aromatic nitrogens is 1. The number of fused-ring (bicyclic) bond motifs is 4. The number of likely N-dealkylation sites (N-methyl/N-ethyl adjacent to an activating group) is 1. The van der Waals surface area contributed by atoms with E-state index in [1.807, 2.05) is 18.2 Å². The van der Waals surface area contributed by atoms with Crippen molar-refractivity contribution in [2.75, 3.05) is 33.8 Å². The molecule has 1 amide bonds. The summed E-state index contributed by atoms with van der Waals surface area (Å²) in [7, 11) is -0.272. The van der Waals surface area contributed by atoms with Crippen LogP contribution in [0.3, 0.4) is 0 Å². The van der Waals surface area contributed by atoms with E-state index >= 15 is 0 Å². The third-order valence-electron chi connectivity index (χ3n) is 9.85. The van der Waals surface area contributed by atoms with Crippen molar-refractivity contribution in [1.82, 2.24) is 18.5 Å². The quantitative estimate of drug-likeness (QED) is 0.388. The average molecular weight is 593 g/mol. The number of carbonyl (C=O) groups is 1. The highest BCUT2D eigenvalue weighted by molar-refractivity contribution is 7.87. The first-order valence-corrected chi connectivity index (χ1v) is 16.8. The fraction of sp³-hybridized carbons (Fsp3) is 0.545. The van der Waals surface area contributed by atoms with Crippen LogP contribution in [-0.2, 0) is 16.8 Å². The first-order valence-electron chi connectivity index (χ1n) is 15.4. The third-order valence-corrected chi connectivity index (χ3v) is 11.3. The molecule has 0 radical (unpaired) electrons. The number of benzene rings is 2. The molecule has 3 aromatic rings. The zero-order chi connectivity index (χ0) is 29.6. The summed E-state index contributed by atoms with van der Waals surface area (Å²) in [6, 6.07) is 14.2. The highest BCUT2D eigenvalue weighted by Crippen LogP contribution is 2.47. The van der Waals surface area contributed by atoms with Gasteiger partial charge in [-0.15, -0.1) is 0 Å². The summed E-state index contributed by atoms with van der Waals surface area (Å²) < 4.78 is 38.8. The molecule has 0 spiro atoms. The second-order valence-electron chi connectivity index (χ2n) is 13.3. The number of para-hydroxylation sites is 1. The molecule has 42 heavy (non-hydrogen) atoms. The predicted octanol–water partition coefficient (Wildman–Crippen LogP) is 5.78. The Balaban J connectivity index is 1.58. The number of nitrogens with one attached hydrogen (secondary N) is 1. The Hall–Kier alpha value is -2.88. The van der Waals surface area contributed by atoms with E-state index in [2.05, 4.69) is 53.3 Å². The van der Waals surface area contributed by atoms with E-state index in [0.29, 0.717) is 31.1 Å². The Morgan fingerprint density at radius 3 is 2.50 bits per heavy atom. The lowest BCUT2D eigenvalue weighted by molar-refractivity contribution is 0.0979. The van der Waals surface area contributed by atoms with Gasteiger partial charge in [0.15, 0.2) is 0 Å². The van der Waals surface area contributed by atoms with E-state index in [-0.39, 0.29) is 11.5 Å². The van der Waals surface area contributed by atoms with Crippen LogP contribution in [0.5, 0.6) is 5.75 Å². The molecule has 4 bridgehead atoms. The van der Waals surface area contributed by atoms with E-state index in [4.69, 9.17) is 4.74 Å². The molecule has 8 nitrogen and oxygen atoms in total. The summed E-state index contributed by atoms with van der Waals surface area (Å²) in [5.41, 5.74) is 4.84. The van der Waals surface area contributed by atoms with Gasteiger partial charge in [-0.2, -0.15) is 12.7 Å². The molecular formula is C33H44N4O4S. The van der Waals surface area contributed by atoms with Crippen LogP contribution in [0.15, 0.2) is 42.5 Å². The zero-order valence-corrected chi connectivity index (χ0v) is 26.2. The number of nitrogens with zero attached hydrogens (tertiary/aromatic N) is 3. The van der Waals surface area contributed by atoms with Gasteiger partial charge in [-0.1, -0.05) is 51.3 Å². The monoisotopic (exact) mass is 592 g/mol. The minimum atomic E-state index is -3.98. The SMILES string of the molecule is CN1CCC(C)(C)CCN(C)S(=O)(=O)NC(=O)c2ccc3c(C4CCCCC4)c4n(c3c2)C[C@@H]1COc1ccccc1-4. The summed E-state index contributed by atoms with van der Waals surface area (Å²) in [4.78, 5) is 15.8. The minimum absolute atomic E-state index is 0.0848. The average Bonchev–Trinajstić information content (AvgIpc) is 3.28. The molecule has 3 heterocycles. The lowest BCUT2D eigenvalue weighted by atomic mass is 9.81. The molecule has 1 aromatic heterocycles. The molecule has 1 atom stereocenters. The van der Waals surface area contributed by atoms with Gasteiger partial charge in [-0.05, 0) is 80.4 Å². The maximum atomic E-state index is 13.4. The van der Waals surface area contributed by atoms with Crippen molar-refractivity contribution in [2.45, 2.75) is 77.3 Å². The van der Waals surface area contributed by atoms with E-state index < -0.39 is 16.1 Å². The van der Waals surface area contributed by atoms with Gasteiger partial charge in [0.2, 0.25) is 0 Å². The van der Waals surface area contributed by atoms with E-state index in [1.165, 1.54) is 41.9 Å². The largest absolute Gasteiger partial charge is 0.491 e. The molecule has 226 valence electrons. The van der Waals surface area contributed by atoms with E-state index in [9.17, 15) is 13.2 Å². The van der Waals surface area contributed by atoms with Gasteiger partial charge in [-0.25, -0.2) is 4.72 Å². The smallest absolute Gasteiger partial charge is 0.303 e. The van der Waals surface area contributed by atoms with Crippen LogP contribution < -0.4 is 9.46 Å². The lowest BCUT2D eigenvalue weighted by Crippen LogP contribution is -2.44. The normalized spacial score (nSPS) is 24.1. The second-order valence-corrected chi connectivity index (χ2v) is 15.1. The number of amides is 1. The van der Waals surface area contributed by atoms with Gasteiger partial charge >= 0.3 is 10.2 Å². The van der Waals surface area contributed by atoms with Crippen molar-refractivity contribution in [3.63, 3.8) is 0 Å². The van der Waals surface area contributed by atoms with Crippen molar-refractivity contribution in [3.05, 3.63) is 53.6 Å². The van der Waals surface area contributed by atoms with Gasteiger partial charge in [0.25, 0.3) is 5.91 Å². The summed E-state index contributed by atoms with van der Waals surface area (Å²) in [5, 5.41) is 1.15. The highest BCUT2D eigenvalue weighted by atomic mass is 32.2. The van der Waals surface area contributed by atoms with Crippen molar-refractivity contribution in [3.8, 4) is 17.0 Å². The van der Waals surface area contributed by atoms with Crippen molar-refractivity contribution < 1.29 is 17.9 Å². The van der Waals surface area contributed by atoms with Gasteiger partial charge in [0.1, 0.15) is 12.4 Å². The molecule has 6 rings (SSSR count). The second kappa shape index (κ2) is 11.3. The maximum absolute atomic E-state index is 13.4. The molecule has 0 unspecified atom stereocenters. The van der Waals surface area contributed by atoms with Crippen LogP contribution in [0, 0.1) is 5.41 Å². The standard InChI is InChI=1S/C33H44N4O4S/c1-33(2)16-18-35(3)25-21-37-28-20-24(32(38)34-42(39,40)36(4)19-17-33)14-15-26(28)30(23-10-6-5-7-11-23)31(37)27-12-8-9-13-29(27)41-22-25/h8-9,12-15,20,23,25H,5-7,10-11,16-19,21-22H2,1-4H3,(H,34,38)/t25-/m1/s1. The molecule has 3 aliphatic rings. The number of ether oxygens (including phenoxy) is 1. The molecule has 0 saturated heterocycles. The number of hydrogen-bond acceptors (Lipinski definition) is 5. The molecule has 1 fully saturated rings. The summed E-state index contributed by atoms with van der Waals surface area (Å²) in [6.45, 7) is 6.85. The Bertz CT molecular complexity index is 1590. The number of rotatable bonds is 1. The Kier molecular flexibility index (Phi) is 7.87. The van der Waals surface area contributed by atoms with Crippen molar-refractivity contribution >= 4 is 27.0 Å². The fourth-order valence-corrected chi connectivity index (χ4v) is 7.77.